The Hall–Kier alpha value is -4.51. The molecule has 166 valence electrons. The second kappa shape index (κ2) is 9.16. The molecule has 34 heavy (non-hydrogen) atoms. The second-order valence-corrected chi connectivity index (χ2v) is 8.01. The Labute approximate surface area is 197 Å². The lowest BCUT2D eigenvalue weighted by Gasteiger charge is -2.25. The van der Waals surface area contributed by atoms with Gasteiger partial charge in [-0.15, -0.1) is 0 Å². The van der Waals surface area contributed by atoms with Gasteiger partial charge in [0.25, 0.3) is 11.8 Å². The lowest BCUT2D eigenvalue weighted by atomic mass is 10.0. The minimum Gasteiger partial charge on any atom is -0.424 e. The Balaban J connectivity index is 1.51. The number of fused-ring (bicyclic) bond motifs is 1. The van der Waals surface area contributed by atoms with Crippen molar-refractivity contribution < 1.29 is 19.1 Å². The van der Waals surface area contributed by atoms with Crippen LogP contribution in [0.15, 0.2) is 109 Å². The molecule has 4 aromatic carbocycles. The Morgan fingerprint density at radius 1 is 0.647 bits per heavy atom. The van der Waals surface area contributed by atoms with Crippen LogP contribution in [0.1, 0.15) is 26.3 Å². The van der Waals surface area contributed by atoms with Crippen molar-refractivity contribution in [1.29, 1.82) is 0 Å². The lowest BCUT2D eigenvalue weighted by molar-refractivity contribution is -0.138. The number of benzene rings is 4. The molecule has 0 aromatic heterocycles. The number of ether oxygens (including phenoxy) is 1. The third-order valence-corrected chi connectivity index (χ3v) is 5.86. The fourth-order valence-corrected chi connectivity index (χ4v) is 4.20. The number of nitrogens with zero attached hydrogens (tertiary/aromatic N) is 1. The van der Waals surface area contributed by atoms with Gasteiger partial charge in [-0.2, -0.15) is 0 Å². The van der Waals surface area contributed by atoms with E-state index in [2.05, 4.69) is 0 Å². The molecular formula is C29H21NO4. The number of carbonyl (C=O) groups excluding carboxylic acids is 3. The van der Waals surface area contributed by atoms with Crippen LogP contribution in [0.25, 0.3) is 11.1 Å². The molecule has 0 aliphatic carbocycles. The van der Waals surface area contributed by atoms with Crippen molar-refractivity contribution in [3.63, 3.8) is 0 Å². The van der Waals surface area contributed by atoms with E-state index in [1.54, 1.807) is 36.4 Å². The fraction of sp³-hybridized carbons (Fsp3) is 0.0690. The van der Waals surface area contributed by atoms with E-state index in [0.717, 1.165) is 21.6 Å². The summed E-state index contributed by atoms with van der Waals surface area (Å²) in [6.07, 6.45) is 0.151. The molecule has 0 bridgehead atoms. The van der Waals surface area contributed by atoms with Crippen LogP contribution in [0.4, 0.5) is 0 Å². The minimum absolute atomic E-state index is 0.151. The number of imide groups is 1. The monoisotopic (exact) mass is 447 g/mol. The number of esters is 1. The predicted octanol–water partition coefficient (Wildman–Crippen LogP) is 5.17. The summed E-state index contributed by atoms with van der Waals surface area (Å²) in [5, 5.41) is 0. The highest BCUT2D eigenvalue weighted by Gasteiger charge is 2.43. The van der Waals surface area contributed by atoms with Crippen molar-refractivity contribution in [2.75, 3.05) is 0 Å². The van der Waals surface area contributed by atoms with E-state index in [4.69, 9.17) is 4.74 Å². The summed E-state index contributed by atoms with van der Waals surface area (Å²) in [7, 11) is 0. The molecule has 0 unspecified atom stereocenters. The van der Waals surface area contributed by atoms with Crippen molar-refractivity contribution in [2.24, 2.45) is 0 Å². The number of amides is 2. The largest absolute Gasteiger partial charge is 0.424 e. The van der Waals surface area contributed by atoms with Crippen LogP contribution in [-0.4, -0.2) is 28.7 Å². The van der Waals surface area contributed by atoms with Gasteiger partial charge in [0.1, 0.15) is 11.8 Å². The smallest absolute Gasteiger partial charge is 0.335 e. The molecule has 1 aliphatic rings. The summed E-state index contributed by atoms with van der Waals surface area (Å²) < 4.78 is 5.86. The molecule has 4 aromatic rings. The molecule has 2 amide bonds. The standard InChI is InChI=1S/C29H21NO4/c31-27-23-16-7-8-17-24(23)28(32)30(27)25(19-20-11-3-1-4-12-20)29(33)34-26-18-10-9-15-22(26)21-13-5-2-6-14-21/h1-18,25H,19H2/t25-/m0/s1. The lowest BCUT2D eigenvalue weighted by Crippen LogP contribution is -2.48. The van der Waals surface area contributed by atoms with E-state index in [-0.39, 0.29) is 6.42 Å². The van der Waals surface area contributed by atoms with Crippen LogP contribution in [-0.2, 0) is 11.2 Å². The zero-order valence-corrected chi connectivity index (χ0v) is 18.3. The molecule has 0 spiro atoms. The Morgan fingerprint density at radius 2 is 1.15 bits per heavy atom. The van der Waals surface area contributed by atoms with Gasteiger partial charge in [-0.1, -0.05) is 91.0 Å². The predicted molar refractivity (Wildman–Crippen MR) is 128 cm³/mol. The highest BCUT2D eigenvalue weighted by Crippen LogP contribution is 2.31. The molecule has 0 radical (unpaired) electrons. The van der Waals surface area contributed by atoms with Gasteiger partial charge in [0.05, 0.1) is 11.1 Å². The molecule has 1 atom stereocenters. The number of carbonyl (C=O) groups is 3. The minimum atomic E-state index is -1.11. The summed E-state index contributed by atoms with van der Waals surface area (Å²) in [4.78, 5) is 41.0. The molecule has 0 saturated carbocycles. The molecule has 1 heterocycles. The van der Waals surface area contributed by atoms with E-state index >= 15 is 0 Å². The van der Waals surface area contributed by atoms with Gasteiger partial charge in [-0.05, 0) is 29.3 Å². The molecule has 1 aliphatic heterocycles. The van der Waals surface area contributed by atoms with Crippen LogP contribution >= 0.6 is 0 Å². The average Bonchev–Trinajstić information content (AvgIpc) is 3.14. The van der Waals surface area contributed by atoms with Crippen molar-refractivity contribution in [3.05, 3.63) is 126 Å². The fourth-order valence-electron chi connectivity index (χ4n) is 4.20. The van der Waals surface area contributed by atoms with E-state index in [1.807, 2.05) is 72.8 Å². The summed E-state index contributed by atoms with van der Waals surface area (Å²) in [5.74, 6) is -1.28. The van der Waals surface area contributed by atoms with Crippen molar-refractivity contribution >= 4 is 17.8 Å². The molecule has 5 nitrogen and oxygen atoms in total. The topological polar surface area (TPSA) is 63.7 Å². The normalized spacial score (nSPS) is 13.5. The maximum absolute atomic E-state index is 13.6. The molecule has 0 N–H and O–H groups in total. The van der Waals surface area contributed by atoms with E-state index in [1.165, 1.54) is 0 Å². The Morgan fingerprint density at radius 3 is 1.76 bits per heavy atom. The zero-order valence-electron chi connectivity index (χ0n) is 18.3. The van der Waals surface area contributed by atoms with Crippen molar-refractivity contribution in [3.8, 4) is 16.9 Å². The van der Waals surface area contributed by atoms with Gasteiger partial charge in [0.2, 0.25) is 0 Å². The Kier molecular flexibility index (Phi) is 5.75. The first-order chi connectivity index (χ1) is 16.6. The quantitative estimate of drug-likeness (QED) is 0.233. The third-order valence-electron chi connectivity index (χ3n) is 5.86. The number of rotatable bonds is 6. The average molecular weight is 447 g/mol. The highest BCUT2D eigenvalue weighted by atomic mass is 16.5. The summed E-state index contributed by atoms with van der Waals surface area (Å²) in [6, 6.07) is 31.6. The van der Waals surface area contributed by atoms with Crippen LogP contribution in [0.3, 0.4) is 0 Å². The van der Waals surface area contributed by atoms with Gasteiger partial charge < -0.3 is 4.74 Å². The van der Waals surface area contributed by atoms with Crippen molar-refractivity contribution in [1.82, 2.24) is 4.90 Å². The highest BCUT2D eigenvalue weighted by molar-refractivity contribution is 6.22. The van der Waals surface area contributed by atoms with Crippen LogP contribution < -0.4 is 4.74 Å². The second-order valence-electron chi connectivity index (χ2n) is 8.01. The van der Waals surface area contributed by atoms with Crippen LogP contribution in [0, 0.1) is 0 Å². The number of hydrogen-bond donors (Lipinski definition) is 0. The van der Waals surface area contributed by atoms with Gasteiger partial charge in [-0.25, -0.2) is 4.79 Å². The molecule has 0 saturated heterocycles. The third kappa shape index (κ3) is 3.99. The first-order valence-corrected chi connectivity index (χ1v) is 11.0. The number of hydrogen-bond acceptors (Lipinski definition) is 4. The van der Waals surface area contributed by atoms with Gasteiger partial charge in [0.15, 0.2) is 0 Å². The molecule has 0 fully saturated rings. The Bertz CT molecular complexity index is 1330. The van der Waals surface area contributed by atoms with E-state index < -0.39 is 23.8 Å². The van der Waals surface area contributed by atoms with Gasteiger partial charge in [-0.3, -0.25) is 14.5 Å². The summed E-state index contributed by atoms with van der Waals surface area (Å²) in [5.41, 5.74) is 3.05. The van der Waals surface area contributed by atoms with Crippen LogP contribution in [0.2, 0.25) is 0 Å². The van der Waals surface area contributed by atoms with E-state index in [9.17, 15) is 14.4 Å². The molecular weight excluding hydrogens is 426 g/mol. The van der Waals surface area contributed by atoms with Crippen LogP contribution in [0.5, 0.6) is 5.75 Å². The number of para-hydroxylation sites is 1. The van der Waals surface area contributed by atoms with Crippen molar-refractivity contribution in [2.45, 2.75) is 12.5 Å². The van der Waals surface area contributed by atoms with Gasteiger partial charge in [0, 0.05) is 12.0 Å². The zero-order chi connectivity index (χ0) is 23.5. The first-order valence-electron chi connectivity index (χ1n) is 11.0. The maximum Gasteiger partial charge on any atom is 0.335 e. The molecule has 5 rings (SSSR count). The first kappa shape index (κ1) is 21.3. The maximum atomic E-state index is 13.6. The SMILES string of the molecule is O=C(Oc1ccccc1-c1ccccc1)[C@H](Cc1ccccc1)N1C(=O)c2ccccc2C1=O. The summed E-state index contributed by atoms with van der Waals surface area (Å²) in [6.45, 7) is 0. The molecule has 5 heteroatoms. The van der Waals surface area contributed by atoms with Gasteiger partial charge >= 0.3 is 5.97 Å². The van der Waals surface area contributed by atoms with E-state index in [0.29, 0.717) is 16.9 Å². The summed E-state index contributed by atoms with van der Waals surface area (Å²) >= 11 is 0.